The lowest BCUT2D eigenvalue weighted by molar-refractivity contribution is 0.146. The Hall–Kier alpha value is -2.31. The van der Waals surface area contributed by atoms with Gasteiger partial charge in [0, 0.05) is 34.9 Å². The van der Waals surface area contributed by atoms with Crippen LogP contribution in [0.1, 0.15) is 0 Å². The van der Waals surface area contributed by atoms with E-state index in [-0.39, 0.29) is 0 Å². The number of rotatable bonds is 7. The topological polar surface area (TPSA) is 52.6 Å². The summed E-state index contributed by atoms with van der Waals surface area (Å²) in [6.07, 6.45) is 1.78. The van der Waals surface area contributed by atoms with E-state index in [4.69, 9.17) is 14.2 Å². The van der Waals surface area contributed by atoms with Crippen molar-refractivity contribution in [1.82, 2.24) is 4.98 Å². The van der Waals surface area contributed by atoms with Crippen LogP contribution in [0, 0.1) is 0 Å². The molecule has 0 aliphatic carbocycles. The number of benzene rings is 2. The van der Waals surface area contributed by atoms with Gasteiger partial charge >= 0.3 is 0 Å². The molecule has 0 saturated carbocycles. The van der Waals surface area contributed by atoms with E-state index < -0.39 is 0 Å². The Morgan fingerprint density at radius 1 is 1.00 bits per heavy atom. The molecule has 3 aromatic rings. The Balaban J connectivity index is 1.87. The minimum Gasteiger partial charge on any atom is -0.494 e. The predicted molar refractivity (Wildman–Crippen MR) is 103 cm³/mol. The number of hydrogen-bond donors (Lipinski definition) is 1. The van der Waals surface area contributed by atoms with Crippen molar-refractivity contribution in [2.24, 2.45) is 0 Å². The van der Waals surface area contributed by atoms with E-state index in [0.29, 0.717) is 19.0 Å². The zero-order valence-corrected chi connectivity index (χ0v) is 15.7. The Morgan fingerprint density at radius 3 is 2.68 bits per heavy atom. The fourth-order valence-corrected chi connectivity index (χ4v) is 2.83. The molecule has 0 spiro atoms. The van der Waals surface area contributed by atoms with E-state index in [2.05, 4.69) is 26.2 Å². The van der Waals surface area contributed by atoms with Crippen LogP contribution < -0.4 is 14.8 Å². The zero-order chi connectivity index (χ0) is 17.6. The van der Waals surface area contributed by atoms with E-state index >= 15 is 0 Å². The van der Waals surface area contributed by atoms with Crippen LogP contribution >= 0.6 is 15.9 Å². The summed E-state index contributed by atoms with van der Waals surface area (Å²) in [6, 6.07) is 13.7. The average molecular weight is 403 g/mol. The molecule has 0 amide bonds. The summed E-state index contributed by atoms with van der Waals surface area (Å²) >= 11 is 3.48. The predicted octanol–water partition coefficient (Wildman–Crippen LogP) is 4.77. The van der Waals surface area contributed by atoms with Crippen molar-refractivity contribution < 1.29 is 14.2 Å². The number of ether oxygens (including phenoxy) is 3. The molecule has 0 bridgehead atoms. The third-order valence-electron chi connectivity index (χ3n) is 3.70. The van der Waals surface area contributed by atoms with Crippen molar-refractivity contribution in [2.45, 2.75) is 0 Å². The highest BCUT2D eigenvalue weighted by Gasteiger charge is 2.08. The van der Waals surface area contributed by atoms with E-state index in [1.54, 1.807) is 20.4 Å². The second-order valence-electron chi connectivity index (χ2n) is 5.35. The number of methoxy groups -OCH3 is 2. The molecule has 0 atom stereocenters. The van der Waals surface area contributed by atoms with E-state index in [1.807, 2.05) is 42.5 Å². The summed E-state index contributed by atoms with van der Waals surface area (Å²) < 4.78 is 17.1. The van der Waals surface area contributed by atoms with Gasteiger partial charge in [-0.15, -0.1) is 0 Å². The van der Waals surface area contributed by atoms with Crippen molar-refractivity contribution >= 4 is 38.2 Å². The lowest BCUT2D eigenvalue weighted by Gasteiger charge is -2.14. The van der Waals surface area contributed by atoms with Crippen molar-refractivity contribution in [1.29, 1.82) is 0 Å². The molecular weight excluding hydrogens is 384 g/mol. The molecular formula is C19H19BrN2O3. The molecule has 25 heavy (non-hydrogen) atoms. The lowest BCUT2D eigenvalue weighted by Crippen LogP contribution is -2.04. The molecule has 1 heterocycles. The van der Waals surface area contributed by atoms with Gasteiger partial charge in [-0.1, -0.05) is 15.9 Å². The fourth-order valence-electron chi connectivity index (χ4n) is 2.48. The highest BCUT2D eigenvalue weighted by atomic mass is 79.9. The third kappa shape index (κ3) is 4.21. The molecule has 0 aliphatic heterocycles. The maximum Gasteiger partial charge on any atom is 0.145 e. The van der Waals surface area contributed by atoms with Gasteiger partial charge in [-0.05, 0) is 36.4 Å². The van der Waals surface area contributed by atoms with Gasteiger partial charge in [0.25, 0.3) is 0 Å². The first kappa shape index (κ1) is 17.5. The summed E-state index contributed by atoms with van der Waals surface area (Å²) in [5.74, 6) is 1.44. The summed E-state index contributed by atoms with van der Waals surface area (Å²) in [7, 11) is 3.29. The smallest absolute Gasteiger partial charge is 0.145 e. The SMILES string of the molecule is COCCOc1ccc(Nc2ccnc3cc(Br)ccc23)c(OC)c1. The maximum atomic E-state index is 5.63. The van der Waals surface area contributed by atoms with E-state index in [9.17, 15) is 0 Å². The highest BCUT2D eigenvalue weighted by molar-refractivity contribution is 9.10. The minimum atomic E-state index is 0.496. The quantitative estimate of drug-likeness (QED) is 0.576. The number of hydrogen-bond acceptors (Lipinski definition) is 5. The van der Waals surface area contributed by atoms with Crippen LogP contribution in [-0.2, 0) is 4.74 Å². The lowest BCUT2D eigenvalue weighted by atomic mass is 10.1. The van der Waals surface area contributed by atoms with Crippen LogP contribution in [0.3, 0.4) is 0 Å². The third-order valence-corrected chi connectivity index (χ3v) is 4.20. The van der Waals surface area contributed by atoms with Gasteiger partial charge in [-0.25, -0.2) is 0 Å². The molecule has 3 rings (SSSR count). The van der Waals surface area contributed by atoms with E-state index in [0.717, 1.165) is 32.5 Å². The Bertz CT molecular complexity index is 870. The van der Waals surface area contributed by atoms with Crippen LogP contribution in [0.2, 0.25) is 0 Å². The van der Waals surface area contributed by atoms with Crippen LogP contribution in [0.25, 0.3) is 10.9 Å². The molecule has 0 unspecified atom stereocenters. The van der Waals surface area contributed by atoms with E-state index in [1.165, 1.54) is 0 Å². The van der Waals surface area contributed by atoms with Crippen molar-refractivity contribution in [3.63, 3.8) is 0 Å². The van der Waals surface area contributed by atoms with Gasteiger partial charge < -0.3 is 19.5 Å². The maximum absolute atomic E-state index is 5.63. The molecule has 2 aromatic carbocycles. The van der Waals surface area contributed by atoms with Gasteiger partial charge in [0.05, 0.1) is 24.9 Å². The Morgan fingerprint density at radius 2 is 1.88 bits per heavy atom. The largest absolute Gasteiger partial charge is 0.494 e. The number of fused-ring (bicyclic) bond motifs is 1. The molecule has 0 aliphatic rings. The molecule has 0 fully saturated rings. The van der Waals surface area contributed by atoms with Crippen LogP contribution in [0.4, 0.5) is 11.4 Å². The van der Waals surface area contributed by atoms with Crippen molar-refractivity contribution in [3.05, 3.63) is 53.1 Å². The fraction of sp³-hybridized carbons (Fsp3) is 0.211. The number of halogens is 1. The van der Waals surface area contributed by atoms with Gasteiger partial charge in [0.1, 0.15) is 18.1 Å². The molecule has 1 aromatic heterocycles. The number of nitrogens with zero attached hydrogens (tertiary/aromatic N) is 1. The molecule has 0 radical (unpaired) electrons. The van der Waals surface area contributed by atoms with Crippen LogP contribution in [0.5, 0.6) is 11.5 Å². The summed E-state index contributed by atoms with van der Waals surface area (Å²) in [5, 5.41) is 4.46. The molecule has 5 nitrogen and oxygen atoms in total. The number of pyridine rings is 1. The van der Waals surface area contributed by atoms with Crippen molar-refractivity contribution in [3.8, 4) is 11.5 Å². The van der Waals surface area contributed by atoms with Crippen LogP contribution in [-0.4, -0.2) is 32.4 Å². The Kier molecular flexibility index (Phi) is 5.73. The standard InChI is InChI=1S/C19H19BrN2O3/c1-23-9-10-25-14-4-6-17(19(12-14)24-2)22-16-7-8-21-18-11-13(20)3-5-15(16)18/h3-8,11-12H,9-10H2,1-2H3,(H,21,22). The van der Waals surface area contributed by atoms with Crippen LogP contribution in [0.15, 0.2) is 53.1 Å². The van der Waals surface area contributed by atoms with Gasteiger partial charge in [0.15, 0.2) is 0 Å². The van der Waals surface area contributed by atoms with Gasteiger partial charge in [0.2, 0.25) is 0 Å². The van der Waals surface area contributed by atoms with Gasteiger partial charge in [-0.3, -0.25) is 4.98 Å². The molecule has 0 saturated heterocycles. The minimum absolute atomic E-state index is 0.496. The normalized spacial score (nSPS) is 10.7. The molecule has 130 valence electrons. The summed E-state index contributed by atoms with van der Waals surface area (Å²) in [4.78, 5) is 4.41. The monoisotopic (exact) mass is 402 g/mol. The zero-order valence-electron chi connectivity index (χ0n) is 14.1. The van der Waals surface area contributed by atoms with Gasteiger partial charge in [-0.2, -0.15) is 0 Å². The summed E-state index contributed by atoms with van der Waals surface area (Å²) in [6.45, 7) is 1.04. The second-order valence-corrected chi connectivity index (χ2v) is 6.26. The highest BCUT2D eigenvalue weighted by Crippen LogP contribution is 2.34. The Labute approximate surface area is 155 Å². The first-order valence-corrected chi connectivity index (χ1v) is 8.61. The first-order valence-electron chi connectivity index (χ1n) is 7.82. The number of anilines is 2. The first-order chi connectivity index (χ1) is 12.2. The average Bonchev–Trinajstić information content (AvgIpc) is 2.63. The second kappa shape index (κ2) is 8.18. The summed E-state index contributed by atoms with van der Waals surface area (Å²) in [5.41, 5.74) is 2.73. The number of aromatic nitrogens is 1. The molecule has 6 heteroatoms. The number of nitrogens with one attached hydrogen (secondary N) is 1. The molecule has 1 N–H and O–H groups in total. The van der Waals surface area contributed by atoms with Crippen molar-refractivity contribution in [2.75, 3.05) is 32.8 Å².